The van der Waals surface area contributed by atoms with Gasteiger partial charge < -0.3 is 4.57 Å². The fourth-order valence-corrected chi connectivity index (χ4v) is 2.55. The molecular weight excluding hydrogens is 282 g/mol. The van der Waals surface area contributed by atoms with Gasteiger partial charge in [-0.05, 0) is 19.1 Å². The number of urea groups is 1. The van der Waals surface area contributed by atoms with Crippen molar-refractivity contribution in [2.75, 3.05) is 7.05 Å². The number of carbonyl (C=O) groups is 3. The first-order valence-electron chi connectivity index (χ1n) is 6.96. The molecule has 6 nitrogen and oxygen atoms in total. The summed E-state index contributed by atoms with van der Waals surface area (Å²) < 4.78 is 2.04. The van der Waals surface area contributed by atoms with Gasteiger partial charge in [-0.25, -0.2) is 4.79 Å². The number of benzene rings is 1. The van der Waals surface area contributed by atoms with E-state index in [2.05, 4.69) is 5.32 Å². The summed E-state index contributed by atoms with van der Waals surface area (Å²) in [7, 11) is 1.34. The Morgan fingerprint density at radius 1 is 1.18 bits per heavy atom. The Bertz CT molecular complexity index is 832. The number of aromatic nitrogens is 1. The van der Waals surface area contributed by atoms with Crippen molar-refractivity contribution in [3.05, 3.63) is 41.6 Å². The van der Waals surface area contributed by atoms with E-state index in [0.717, 1.165) is 27.9 Å². The van der Waals surface area contributed by atoms with Gasteiger partial charge in [0.15, 0.2) is 0 Å². The Hall–Kier alpha value is -2.89. The zero-order valence-electron chi connectivity index (χ0n) is 12.3. The van der Waals surface area contributed by atoms with Gasteiger partial charge in [0.2, 0.25) is 0 Å². The Morgan fingerprint density at radius 2 is 1.91 bits per heavy atom. The van der Waals surface area contributed by atoms with Crippen LogP contribution in [-0.4, -0.2) is 34.4 Å². The third-order valence-electron chi connectivity index (χ3n) is 3.76. The number of nitrogens with one attached hydrogen (secondary N) is 1. The topological polar surface area (TPSA) is 71.4 Å². The summed E-state index contributed by atoms with van der Waals surface area (Å²) in [6.45, 7) is 2.80. The Kier molecular flexibility index (Phi) is 3.29. The molecule has 0 bridgehead atoms. The minimum atomic E-state index is -0.705. The number of imide groups is 2. The number of likely N-dealkylation sites (N-methyl/N-ethyl adjacent to an activating group) is 1. The monoisotopic (exact) mass is 297 g/mol. The van der Waals surface area contributed by atoms with Gasteiger partial charge in [0.1, 0.15) is 5.57 Å². The van der Waals surface area contributed by atoms with Gasteiger partial charge in [0.25, 0.3) is 11.8 Å². The summed E-state index contributed by atoms with van der Waals surface area (Å²) >= 11 is 0. The van der Waals surface area contributed by atoms with Gasteiger partial charge in [0.05, 0.1) is 0 Å². The number of hydrogen-bond donors (Lipinski definition) is 1. The first-order valence-corrected chi connectivity index (χ1v) is 6.96. The number of hydrogen-bond acceptors (Lipinski definition) is 3. The molecule has 0 spiro atoms. The van der Waals surface area contributed by atoms with E-state index in [1.165, 1.54) is 13.1 Å². The predicted molar refractivity (Wildman–Crippen MR) is 81.9 cm³/mol. The van der Waals surface area contributed by atoms with Crippen molar-refractivity contribution >= 4 is 34.8 Å². The normalized spacial score (nSPS) is 17.5. The maximum atomic E-state index is 12.1. The zero-order valence-corrected chi connectivity index (χ0v) is 12.3. The number of rotatable bonds is 2. The molecule has 0 aliphatic carbocycles. The molecule has 3 rings (SSSR count). The van der Waals surface area contributed by atoms with Crippen molar-refractivity contribution < 1.29 is 14.4 Å². The van der Waals surface area contributed by atoms with E-state index in [0.29, 0.717) is 0 Å². The summed E-state index contributed by atoms with van der Waals surface area (Å²) in [6.07, 6.45) is 3.43. The lowest BCUT2D eigenvalue weighted by Gasteiger charge is -2.22. The third kappa shape index (κ3) is 2.09. The molecule has 0 saturated carbocycles. The van der Waals surface area contributed by atoms with Crippen molar-refractivity contribution in [2.45, 2.75) is 13.5 Å². The lowest BCUT2D eigenvalue weighted by molar-refractivity contribution is -0.129. The molecule has 4 amide bonds. The van der Waals surface area contributed by atoms with Gasteiger partial charge in [-0.3, -0.25) is 19.8 Å². The average molecular weight is 297 g/mol. The van der Waals surface area contributed by atoms with E-state index in [4.69, 9.17) is 0 Å². The zero-order chi connectivity index (χ0) is 15.9. The first-order chi connectivity index (χ1) is 10.5. The standard InChI is InChI=1S/C16H15N3O3/c1-3-19-9-10(11-6-4-5-7-13(11)19)8-12-14(20)17-16(22)18(2)15(12)21/h4-9H,3H2,1-2H3,(H,17,20,22)/b12-8-. The van der Waals surface area contributed by atoms with Crippen LogP contribution in [0.4, 0.5) is 4.79 Å². The highest BCUT2D eigenvalue weighted by Gasteiger charge is 2.33. The number of nitrogens with zero attached hydrogens (tertiary/aromatic N) is 2. The molecule has 1 fully saturated rings. The molecule has 0 unspecified atom stereocenters. The quantitative estimate of drug-likeness (QED) is 0.678. The van der Waals surface area contributed by atoms with Crippen LogP contribution in [0.1, 0.15) is 12.5 Å². The molecular formula is C16H15N3O3. The minimum Gasteiger partial charge on any atom is -0.347 e. The largest absolute Gasteiger partial charge is 0.347 e. The van der Waals surface area contributed by atoms with E-state index in [1.54, 1.807) is 0 Å². The van der Waals surface area contributed by atoms with Crippen LogP contribution in [-0.2, 0) is 16.1 Å². The number of fused-ring (bicyclic) bond motifs is 1. The highest BCUT2D eigenvalue weighted by molar-refractivity contribution is 6.31. The highest BCUT2D eigenvalue weighted by atomic mass is 16.2. The second-order valence-electron chi connectivity index (χ2n) is 5.07. The van der Waals surface area contributed by atoms with Crippen molar-refractivity contribution in [1.29, 1.82) is 0 Å². The second-order valence-corrected chi connectivity index (χ2v) is 5.07. The molecule has 1 saturated heterocycles. The minimum absolute atomic E-state index is 0.0406. The van der Waals surface area contributed by atoms with Crippen molar-refractivity contribution in [2.24, 2.45) is 0 Å². The van der Waals surface area contributed by atoms with Crippen molar-refractivity contribution in [3.63, 3.8) is 0 Å². The van der Waals surface area contributed by atoms with E-state index in [-0.39, 0.29) is 5.57 Å². The lowest BCUT2D eigenvalue weighted by Crippen LogP contribution is -2.52. The van der Waals surface area contributed by atoms with Gasteiger partial charge >= 0.3 is 6.03 Å². The van der Waals surface area contributed by atoms with E-state index < -0.39 is 17.8 Å². The Balaban J connectivity index is 2.14. The van der Waals surface area contributed by atoms with Crippen LogP contribution in [0.2, 0.25) is 0 Å². The number of amides is 4. The van der Waals surface area contributed by atoms with E-state index in [9.17, 15) is 14.4 Å². The predicted octanol–water partition coefficient (Wildman–Crippen LogP) is 1.75. The maximum Gasteiger partial charge on any atom is 0.331 e. The van der Waals surface area contributed by atoms with Crippen LogP contribution in [0, 0.1) is 0 Å². The lowest BCUT2D eigenvalue weighted by atomic mass is 10.1. The molecule has 0 atom stereocenters. The highest BCUT2D eigenvalue weighted by Crippen LogP contribution is 2.24. The molecule has 22 heavy (non-hydrogen) atoms. The molecule has 1 aromatic carbocycles. The molecule has 112 valence electrons. The van der Waals surface area contributed by atoms with Crippen LogP contribution in [0.5, 0.6) is 0 Å². The molecule has 1 aliphatic rings. The van der Waals surface area contributed by atoms with Gasteiger partial charge in [0, 0.05) is 36.3 Å². The molecule has 1 aliphatic heterocycles. The fraction of sp³-hybridized carbons (Fsp3) is 0.188. The number of para-hydroxylation sites is 1. The number of aryl methyl sites for hydroxylation is 1. The van der Waals surface area contributed by atoms with Gasteiger partial charge in [-0.15, -0.1) is 0 Å². The summed E-state index contributed by atoms with van der Waals surface area (Å²) in [5.41, 5.74) is 1.77. The second kappa shape index (κ2) is 5.14. The Labute approximate surface area is 127 Å². The maximum absolute atomic E-state index is 12.1. The van der Waals surface area contributed by atoms with E-state index >= 15 is 0 Å². The first kappa shape index (κ1) is 14.1. The third-order valence-corrected chi connectivity index (χ3v) is 3.76. The van der Waals surface area contributed by atoms with Crippen LogP contribution in [0.3, 0.4) is 0 Å². The SMILES string of the molecule is CCn1cc(/C=C2/C(=O)NC(=O)N(C)C2=O)c2ccccc21. The van der Waals surface area contributed by atoms with E-state index in [1.807, 2.05) is 42.0 Å². The van der Waals surface area contributed by atoms with Crippen molar-refractivity contribution in [3.8, 4) is 0 Å². The molecule has 1 aromatic heterocycles. The Morgan fingerprint density at radius 3 is 2.64 bits per heavy atom. The number of carbonyl (C=O) groups excluding carboxylic acids is 3. The molecule has 2 heterocycles. The van der Waals surface area contributed by atoms with Crippen LogP contribution >= 0.6 is 0 Å². The summed E-state index contributed by atoms with van der Waals surface area (Å²) in [4.78, 5) is 36.4. The fourth-order valence-electron chi connectivity index (χ4n) is 2.55. The van der Waals surface area contributed by atoms with Crippen LogP contribution < -0.4 is 5.32 Å². The van der Waals surface area contributed by atoms with Crippen LogP contribution in [0.15, 0.2) is 36.0 Å². The summed E-state index contributed by atoms with van der Waals surface area (Å²) in [5.74, 6) is -1.26. The van der Waals surface area contributed by atoms with Crippen molar-refractivity contribution in [1.82, 2.24) is 14.8 Å². The molecule has 1 N–H and O–H groups in total. The molecule has 0 radical (unpaired) electrons. The smallest absolute Gasteiger partial charge is 0.331 e. The summed E-state index contributed by atoms with van der Waals surface area (Å²) in [5, 5.41) is 3.11. The average Bonchev–Trinajstić information content (AvgIpc) is 2.87. The number of barbiturate groups is 1. The summed E-state index contributed by atoms with van der Waals surface area (Å²) in [6, 6.07) is 7.06. The van der Waals surface area contributed by atoms with Gasteiger partial charge in [-0.1, -0.05) is 18.2 Å². The van der Waals surface area contributed by atoms with Gasteiger partial charge in [-0.2, -0.15) is 0 Å². The molecule has 6 heteroatoms. The molecule has 2 aromatic rings. The van der Waals surface area contributed by atoms with Crippen LogP contribution in [0.25, 0.3) is 17.0 Å².